The smallest absolute Gasteiger partial charge is 0.331 e. The molecule has 2 rings (SSSR count). The van der Waals surface area contributed by atoms with E-state index in [1.807, 2.05) is 0 Å². The molecule has 1 aromatic rings. The van der Waals surface area contributed by atoms with E-state index in [2.05, 4.69) is 20.3 Å². The minimum absolute atomic E-state index is 0.0215. The van der Waals surface area contributed by atoms with Crippen LogP contribution in [0.4, 0.5) is 0 Å². The SMILES string of the molecule is CCOC(=O)/C=C/C(=O)OCC(=O)NNC(=O)[C@H]1COc2ccccc2O1. The van der Waals surface area contributed by atoms with E-state index in [-0.39, 0.29) is 13.2 Å². The number of fused-ring (bicyclic) bond motifs is 1. The maximum absolute atomic E-state index is 12.0. The first kappa shape index (κ1) is 19.8. The van der Waals surface area contributed by atoms with Crippen LogP contribution in [0.5, 0.6) is 11.5 Å². The van der Waals surface area contributed by atoms with Crippen LogP contribution in [0.2, 0.25) is 0 Å². The zero-order valence-corrected chi connectivity index (χ0v) is 14.4. The Hall–Kier alpha value is -3.56. The Morgan fingerprint density at radius 2 is 1.74 bits per heavy atom. The highest BCUT2D eigenvalue weighted by Crippen LogP contribution is 2.30. The van der Waals surface area contributed by atoms with Crippen LogP contribution in [0.1, 0.15) is 6.92 Å². The number of nitrogens with one attached hydrogen (secondary N) is 2. The molecule has 144 valence electrons. The van der Waals surface area contributed by atoms with Gasteiger partial charge in [-0.3, -0.25) is 20.4 Å². The molecule has 0 unspecified atom stereocenters. The Balaban J connectivity index is 1.69. The number of ether oxygens (including phenoxy) is 4. The highest BCUT2D eigenvalue weighted by Gasteiger charge is 2.27. The number of benzene rings is 1. The molecule has 27 heavy (non-hydrogen) atoms. The molecule has 0 spiro atoms. The summed E-state index contributed by atoms with van der Waals surface area (Å²) in [7, 11) is 0. The van der Waals surface area contributed by atoms with E-state index in [1.165, 1.54) is 0 Å². The lowest BCUT2D eigenvalue weighted by Crippen LogP contribution is -2.51. The van der Waals surface area contributed by atoms with Gasteiger partial charge in [0.15, 0.2) is 18.1 Å². The maximum Gasteiger partial charge on any atom is 0.331 e. The van der Waals surface area contributed by atoms with Gasteiger partial charge in [0.25, 0.3) is 11.8 Å². The second-order valence-corrected chi connectivity index (χ2v) is 5.09. The van der Waals surface area contributed by atoms with Gasteiger partial charge >= 0.3 is 11.9 Å². The van der Waals surface area contributed by atoms with Crippen LogP contribution in [-0.2, 0) is 28.7 Å². The van der Waals surface area contributed by atoms with Crippen molar-refractivity contribution >= 4 is 23.8 Å². The van der Waals surface area contributed by atoms with Crippen molar-refractivity contribution < 1.29 is 38.1 Å². The third-order valence-corrected chi connectivity index (χ3v) is 3.11. The molecule has 0 radical (unpaired) electrons. The van der Waals surface area contributed by atoms with Gasteiger partial charge in [-0.1, -0.05) is 12.1 Å². The van der Waals surface area contributed by atoms with Crippen molar-refractivity contribution in [3.63, 3.8) is 0 Å². The number of amides is 2. The minimum Gasteiger partial charge on any atom is -0.485 e. The van der Waals surface area contributed by atoms with Crippen LogP contribution in [-0.4, -0.2) is 49.7 Å². The molecule has 0 saturated carbocycles. The summed E-state index contributed by atoms with van der Waals surface area (Å²) in [6, 6.07) is 6.85. The fourth-order valence-electron chi connectivity index (χ4n) is 1.91. The summed E-state index contributed by atoms with van der Waals surface area (Å²) >= 11 is 0. The highest BCUT2D eigenvalue weighted by atomic mass is 16.6. The van der Waals surface area contributed by atoms with Crippen molar-refractivity contribution in [3.8, 4) is 11.5 Å². The Bertz CT molecular complexity index is 746. The van der Waals surface area contributed by atoms with Gasteiger partial charge in [0.1, 0.15) is 6.61 Å². The summed E-state index contributed by atoms with van der Waals surface area (Å²) in [5.74, 6) is -2.09. The van der Waals surface area contributed by atoms with Gasteiger partial charge in [0, 0.05) is 12.2 Å². The van der Waals surface area contributed by atoms with Gasteiger partial charge in [-0.15, -0.1) is 0 Å². The molecule has 0 bridgehead atoms. The van der Waals surface area contributed by atoms with Crippen LogP contribution in [0, 0.1) is 0 Å². The molecule has 10 nitrogen and oxygen atoms in total. The second kappa shape index (κ2) is 9.80. The molecule has 2 amide bonds. The monoisotopic (exact) mass is 378 g/mol. The quantitative estimate of drug-likeness (QED) is 0.390. The molecule has 1 aliphatic rings. The normalized spacial score (nSPS) is 14.9. The first-order valence-corrected chi connectivity index (χ1v) is 7.98. The number of rotatable bonds is 6. The molecule has 1 aromatic carbocycles. The molecule has 2 N–H and O–H groups in total. The van der Waals surface area contributed by atoms with E-state index >= 15 is 0 Å². The van der Waals surface area contributed by atoms with Crippen LogP contribution < -0.4 is 20.3 Å². The van der Waals surface area contributed by atoms with Crippen molar-refractivity contribution in [2.45, 2.75) is 13.0 Å². The average Bonchev–Trinajstić information content (AvgIpc) is 2.68. The third-order valence-electron chi connectivity index (χ3n) is 3.11. The largest absolute Gasteiger partial charge is 0.485 e. The predicted octanol–water partition coefficient (Wildman–Crippen LogP) is -0.364. The van der Waals surface area contributed by atoms with E-state index in [4.69, 9.17) is 9.47 Å². The molecule has 1 atom stereocenters. The predicted molar refractivity (Wildman–Crippen MR) is 89.4 cm³/mol. The van der Waals surface area contributed by atoms with Crippen LogP contribution in [0.3, 0.4) is 0 Å². The van der Waals surface area contributed by atoms with Crippen molar-refractivity contribution in [2.75, 3.05) is 19.8 Å². The number of hydrogen-bond donors (Lipinski definition) is 2. The number of carbonyl (C=O) groups is 4. The summed E-state index contributed by atoms with van der Waals surface area (Å²) in [5, 5.41) is 0. The lowest BCUT2D eigenvalue weighted by molar-refractivity contribution is -0.145. The number of hydrogen-bond acceptors (Lipinski definition) is 8. The van der Waals surface area contributed by atoms with E-state index in [0.717, 1.165) is 12.2 Å². The highest BCUT2D eigenvalue weighted by molar-refractivity contribution is 5.93. The average molecular weight is 378 g/mol. The van der Waals surface area contributed by atoms with Gasteiger partial charge in [-0.05, 0) is 19.1 Å². The van der Waals surface area contributed by atoms with Gasteiger partial charge in [-0.2, -0.15) is 0 Å². The Morgan fingerprint density at radius 1 is 1.07 bits per heavy atom. The zero-order valence-electron chi connectivity index (χ0n) is 14.4. The first-order valence-electron chi connectivity index (χ1n) is 7.98. The van der Waals surface area contributed by atoms with E-state index in [1.54, 1.807) is 31.2 Å². The fraction of sp³-hybridized carbons (Fsp3) is 0.294. The van der Waals surface area contributed by atoms with Gasteiger partial charge in [-0.25, -0.2) is 9.59 Å². The van der Waals surface area contributed by atoms with Crippen LogP contribution >= 0.6 is 0 Å². The van der Waals surface area contributed by atoms with Gasteiger partial charge in [0.05, 0.1) is 6.61 Å². The molecule has 1 heterocycles. The minimum atomic E-state index is -0.949. The lowest BCUT2D eigenvalue weighted by atomic mass is 10.2. The topological polar surface area (TPSA) is 129 Å². The Kier molecular flexibility index (Phi) is 7.17. The molecule has 1 aliphatic heterocycles. The van der Waals surface area contributed by atoms with Gasteiger partial charge < -0.3 is 18.9 Å². The Labute approximate surface area is 154 Å². The molecule has 0 aromatic heterocycles. The number of para-hydroxylation sites is 2. The number of hydrazine groups is 1. The standard InChI is InChI=1S/C17H18N2O8/c1-2-24-15(21)7-8-16(22)26-10-14(20)18-19-17(23)13-9-25-11-5-3-4-6-12(11)27-13/h3-8,13H,2,9-10H2,1H3,(H,18,20)(H,19,23)/b8-7+/t13-/m1/s1. The molecule has 10 heteroatoms. The Morgan fingerprint density at radius 3 is 2.44 bits per heavy atom. The first-order chi connectivity index (χ1) is 13.0. The van der Waals surface area contributed by atoms with E-state index in [0.29, 0.717) is 11.5 Å². The number of esters is 2. The second-order valence-electron chi connectivity index (χ2n) is 5.09. The van der Waals surface area contributed by atoms with E-state index in [9.17, 15) is 19.2 Å². The molecular weight excluding hydrogens is 360 g/mol. The molecular formula is C17H18N2O8. The summed E-state index contributed by atoms with van der Waals surface area (Å²) in [6.45, 7) is 1.11. The molecule has 0 fully saturated rings. The lowest BCUT2D eigenvalue weighted by Gasteiger charge is -2.25. The van der Waals surface area contributed by atoms with Crippen molar-refractivity contribution in [2.24, 2.45) is 0 Å². The fourth-order valence-corrected chi connectivity index (χ4v) is 1.91. The van der Waals surface area contributed by atoms with Crippen LogP contribution in [0.15, 0.2) is 36.4 Å². The van der Waals surface area contributed by atoms with Crippen molar-refractivity contribution in [1.29, 1.82) is 0 Å². The maximum atomic E-state index is 12.0. The number of carbonyl (C=O) groups excluding carboxylic acids is 4. The van der Waals surface area contributed by atoms with Crippen LogP contribution in [0.25, 0.3) is 0 Å². The van der Waals surface area contributed by atoms with Gasteiger partial charge in [0.2, 0.25) is 6.10 Å². The van der Waals surface area contributed by atoms with Crippen molar-refractivity contribution in [1.82, 2.24) is 10.9 Å². The molecule has 0 aliphatic carbocycles. The summed E-state index contributed by atoms with van der Waals surface area (Å²) in [6.07, 6.45) is 0.758. The zero-order chi connectivity index (χ0) is 19.6. The summed E-state index contributed by atoms with van der Waals surface area (Å²) in [5.41, 5.74) is 4.22. The molecule has 0 saturated heterocycles. The van der Waals surface area contributed by atoms with Crippen molar-refractivity contribution in [3.05, 3.63) is 36.4 Å². The van der Waals surface area contributed by atoms with E-state index < -0.39 is 36.5 Å². The third kappa shape index (κ3) is 6.34. The summed E-state index contributed by atoms with van der Waals surface area (Å²) in [4.78, 5) is 45.9. The summed E-state index contributed by atoms with van der Waals surface area (Å²) < 4.78 is 20.0.